The smallest absolute Gasteiger partial charge is 0.283 e. The molecule has 3 nitrogen and oxygen atoms in total. The van der Waals surface area contributed by atoms with Gasteiger partial charge in [-0.2, -0.15) is 0 Å². The van der Waals surface area contributed by atoms with Crippen LogP contribution in [0.25, 0.3) is 0 Å². The van der Waals surface area contributed by atoms with E-state index in [1.54, 1.807) is 0 Å². The van der Waals surface area contributed by atoms with Crippen LogP contribution in [0.5, 0.6) is 0 Å². The summed E-state index contributed by atoms with van der Waals surface area (Å²) < 4.78 is 44.1. The number of aliphatic imine (C=N–C) groups is 1. The standard InChI is InChI=1S/C10H9F3N2O/c1-10(4-16-9(14)15-10)5-2-7(12)8(13)3-6(5)11/h2-3H,4H2,1H3,(H2,14,15)/t10-/m1/s1. The third-order valence-corrected chi connectivity index (χ3v) is 2.45. The lowest BCUT2D eigenvalue weighted by Gasteiger charge is -2.19. The normalized spacial score (nSPS) is 24.1. The molecular formula is C10H9F3N2O. The van der Waals surface area contributed by atoms with Gasteiger partial charge < -0.3 is 10.5 Å². The van der Waals surface area contributed by atoms with Crippen molar-refractivity contribution in [2.75, 3.05) is 6.61 Å². The number of rotatable bonds is 1. The zero-order valence-corrected chi connectivity index (χ0v) is 8.43. The minimum Gasteiger partial charge on any atom is -0.462 e. The van der Waals surface area contributed by atoms with E-state index in [0.717, 1.165) is 6.07 Å². The van der Waals surface area contributed by atoms with E-state index in [2.05, 4.69) is 4.99 Å². The van der Waals surface area contributed by atoms with Gasteiger partial charge in [0.1, 0.15) is 18.0 Å². The maximum atomic E-state index is 13.5. The van der Waals surface area contributed by atoms with Crippen molar-refractivity contribution in [1.29, 1.82) is 0 Å². The summed E-state index contributed by atoms with van der Waals surface area (Å²) in [5.74, 6) is -3.23. The molecule has 1 atom stereocenters. The Bertz CT molecular complexity index is 475. The molecule has 6 heteroatoms. The summed E-state index contributed by atoms with van der Waals surface area (Å²) >= 11 is 0. The number of ether oxygens (including phenoxy) is 1. The number of hydrogen-bond acceptors (Lipinski definition) is 3. The molecule has 2 N–H and O–H groups in total. The van der Waals surface area contributed by atoms with E-state index in [1.165, 1.54) is 6.92 Å². The first kappa shape index (κ1) is 10.8. The Labute approximate surface area is 89.7 Å². The number of amidine groups is 1. The van der Waals surface area contributed by atoms with Crippen molar-refractivity contribution >= 4 is 6.02 Å². The average Bonchev–Trinajstić information content (AvgIpc) is 2.53. The van der Waals surface area contributed by atoms with Crippen LogP contribution in [0.2, 0.25) is 0 Å². The fourth-order valence-corrected chi connectivity index (χ4v) is 1.60. The molecule has 1 aromatic rings. The first-order chi connectivity index (χ1) is 7.42. The zero-order valence-electron chi connectivity index (χ0n) is 8.43. The van der Waals surface area contributed by atoms with Gasteiger partial charge in [-0.1, -0.05) is 0 Å². The van der Waals surface area contributed by atoms with Gasteiger partial charge in [0, 0.05) is 11.6 Å². The minimum absolute atomic E-state index is 0.000819. The Morgan fingerprint density at radius 3 is 2.44 bits per heavy atom. The van der Waals surface area contributed by atoms with Crippen LogP contribution in [0.4, 0.5) is 13.2 Å². The first-order valence-electron chi connectivity index (χ1n) is 4.55. The fourth-order valence-electron chi connectivity index (χ4n) is 1.60. The highest BCUT2D eigenvalue weighted by molar-refractivity contribution is 5.74. The van der Waals surface area contributed by atoms with E-state index in [4.69, 9.17) is 10.5 Å². The van der Waals surface area contributed by atoms with Crippen LogP contribution in [0.3, 0.4) is 0 Å². The quantitative estimate of drug-likeness (QED) is 0.746. The van der Waals surface area contributed by atoms with Gasteiger partial charge in [-0.15, -0.1) is 0 Å². The lowest BCUT2D eigenvalue weighted by molar-refractivity contribution is 0.261. The molecule has 0 unspecified atom stereocenters. The molecule has 1 aromatic carbocycles. The lowest BCUT2D eigenvalue weighted by atomic mass is 9.93. The van der Waals surface area contributed by atoms with Gasteiger partial charge in [-0.05, 0) is 13.0 Å². The first-order valence-corrected chi connectivity index (χ1v) is 4.55. The van der Waals surface area contributed by atoms with Gasteiger partial charge in [-0.3, -0.25) is 0 Å². The maximum absolute atomic E-state index is 13.5. The molecule has 0 fully saturated rings. The predicted octanol–water partition coefficient (Wildman–Crippen LogP) is 1.66. The maximum Gasteiger partial charge on any atom is 0.283 e. The summed E-state index contributed by atoms with van der Waals surface area (Å²) in [6.45, 7) is 1.53. The number of benzene rings is 1. The Balaban J connectivity index is 2.53. The number of nitrogens with two attached hydrogens (primary N) is 1. The molecule has 2 rings (SSSR count). The molecular weight excluding hydrogens is 221 g/mol. The van der Waals surface area contributed by atoms with E-state index < -0.39 is 23.0 Å². The Morgan fingerprint density at radius 2 is 1.88 bits per heavy atom. The van der Waals surface area contributed by atoms with Crippen molar-refractivity contribution in [2.24, 2.45) is 10.7 Å². The SMILES string of the molecule is C[C@]1(c2cc(F)c(F)cc2F)COC(N)=N1. The highest BCUT2D eigenvalue weighted by Crippen LogP contribution is 2.32. The lowest BCUT2D eigenvalue weighted by Crippen LogP contribution is -2.23. The van der Waals surface area contributed by atoms with Crippen molar-refractivity contribution in [3.63, 3.8) is 0 Å². The average molecular weight is 230 g/mol. The molecule has 0 aliphatic carbocycles. The Morgan fingerprint density at radius 1 is 1.25 bits per heavy atom. The molecule has 0 saturated carbocycles. The predicted molar refractivity (Wildman–Crippen MR) is 51.2 cm³/mol. The molecule has 1 aliphatic rings. The largest absolute Gasteiger partial charge is 0.462 e. The topological polar surface area (TPSA) is 47.6 Å². The molecule has 86 valence electrons. The van der Waals surface area contributed by atoms with Crippen LogP contribution in [0.15, 0.2) is 17.1 Å². The van der Waals surface area contributed by atoms with E-state index in [9.17, 15) is 13.2 Å². The van der Waals surface area contributed by atoms with E-state index >= 15 is 0 Å². The van der Waals surface area contributed by atoms with Crippen LogP contribution in [0, 0.1) is 17.5 Å². The summed E-state index contributed by atoms with van der Waals surface area (Å²) in [6, 6.07) is 1.17. The van der Waals surface area contributed by atoms with E-state index in [0.29, 0.717) is 6.07 Å². The van der Waals surface area contributed by atoms with E-state index in [1.807, 2.05) is 0 Å². The number of halogens is 3. The summed E-state index contributed by atoms with van der Waals surface area (Å²) in [6.07, 6.45) is 0. The number of nitrogens with zero attached hydrogens (tertiary/aromatic N) is 1. The molecule has 1 heterocycles. The van der Waals surface area contributed by atoms with E-state index in [-0.39, 0.29) is 18.2 Å². The molecule has 0 saturated heterocycles. The monoisotopic (exact) mass is 230 g/mol. The second kappa shape index (κ2) is 3.40. The Hall–Kier alpha value is -1.72. The Kier molecular flexibility index (Phi) is 2.29. The van der Waals surface area contributed by atoms with Gasteiger partial charge in [-0.25, -0.2) is 18.2 Å². The van der Waals surface area contributed by atoms with Crippen LogP contribution in [0.1, 0.15) is 12.5 Å². The highest BCUT2D eigenvalue weighted by atomic mass is 19.2. The molecule has 0 amide bonds. The number of hydrogen-bond donors (Lipinski definition) is 1. The summed E-state index contributed by atoms with van der Waals surface area (Å²) in [5.41, 5.74) is 4.12. The third kappa shape index (κ3) is 1.60. The molecule has 0 aromatic heterocycles. The van der Waals surface area contributed by atoms with Crippen molar-refractivity contribution in [1.82, 2.24) is 0 Å². The van der Waals surface area contributed by atoms with Gasteiger partial charge in [0.2, 0.25) is 0 Å². The summed E-state index contributed by atoms with van der Waals surface area (Å²) in [7, 11) is 0. The fraction of sp³-hybridized carbons (Fsp3) is 0.300. The molecule has 0 radical (unpaired) electrons. The van der Waals surface area contributed by atoms with Crippen molar-refractivity contribution in [3.8, 4) is 0 Å². The van der Waals surface area contributed by atoms with Gasteiger partial charge in [0.25, 0.3) is 6.02 Å². The van der Waals surface area contributed by atoms with Gasteiger partial charge in [0.05, 0.1) is 0 Å². The molecule has 1 aliphatic heterocycles. The second-order valence-corrected chi connectivity index (χ2v) is 3.76. The van der Waals surface area contributed by atoms with Crippen LogP contribution in [-0.2, 0) is 10.3 Å². The van der Waals surface area contributed by atoms with Crippen LogP contribution in [-0.4, -0.2) is 12.6 Å². The van der Waals surface area contributed by atoms with Crippen molar-refractivity contribution < 1.29 is 17.9 Å². The van der Waals surface area contributed by atoms with Crippen LogP contribution >= 0.6 is 0 Å². The highest BCUT2D eigenvalue weighted by Gasteiger charge is 2.36. The molecule has 16 heavy (non-hydrogen) atoms. The van der Waals surface area contributed by atoms with Crippen molar-refractivity contribution in [3.05, 3.63) is 35.1 Å². The van der Waals surface area contributed by atoms with Crippen molar-refractivity contribution in [2.45, 2.75) is 12.5 Å². The minimum atomic E-state index is -1.24. The van der Waals surface area contributed by atoms with Crippen LogP contribution < -0.4 is 5.73 Å². The molecule has 0 spiro atoms. The molecule has 0 bridgehead atoms. The second-order valence-electron chi connectivity index (χ2n) is 3.76. The summed E-state index contributed by atoms with van der Waals surface area (Å²) in [5, 5.41) is 0. The van der Waals surface area contributed by atoms with Gasteiger partial charge >= 0.3 is 0 Å². The third-order valence-electron chi connectivity index (χ3n) is 2.45. The van der Waals surface area contributed by atoms with Gasteiger partial charge in [0.15, 0.2) is 11.6 Å². The summed E-state index contributed by atoms with van der Waals surface area (Å²) in [4.78, 5) is 3.87. The zero-order chi connectivity index (χ0) is 11.9.